The molecule has 2 aliphatic rings. The van der Waals surface area contributed by atoms with Crippen LogP contribution in [0.3, 0.4) is 0 Å². The summed E-state index contributed by atoms with van der Waals surface area (Å²) >= 11 is 12.2. The maximum Gasteiger partial charge on any atom is 0.240 e. The van der Waals surface area contributed by atoms with Gasteiger partial charge in [-0.1, -0.05) is 64.7 Å². The summed E-state index contributed by atoms with van der Waals surface area (Å²) in [6.07, 6.45) is 4.72. The number of halogens is 2. The van der Waals surface area contributed by atoms with Crippen molar-refractivity contribution in [3.05, 3.63) is 81.4 Å². The molecule has 2 saturated heterocycles. The number of benzene rings is 2. The summed E-state index contributed by atoms with van der Waals surface area (Å²) < 4.78 is 0. The second-order valence-electron chi connectivity index (χ2n) is 11.1. The molecule has 4 rings (SSSR count). The molecule has 2 aliphatic heterocycles. The summed E-state index contributed by atoms with van der Waals surface area (Å²) in [5.41, 5.74) is 10.8. The molecule has 0 radical (unpaired) electrons. The highest BCUT2D eigenvalue weighted by Crippen LogP contribution is 2.31. The van der Waals surface area contributed by atoms with Crippen LogP contribution in [0.15, 0.2) is 54.6 Å². The number of rotatable bonds is 10. The van der Waals surface area contributed by atoms with Crippen LogP contribution in [-0.2, 0) is 22.4 Å². The van der Waals surface area contributed by atoms with Gasteiger partial charge in [0.25, 0.3) is 0 Å². The summed E-state index contributed by atoms with van der Waals surface area (Å²) in [6, 6.07) is 13.5. The number of carbonyl (C=O) groups is 2. The summed E-state index contributed by atoms with van der Waals surface area (Å²) in [5, 5.41) is 0.973. The average molecular weight is 557 g/mol. The van der Waals surface area contributed by atoms with Crippen molar-refractivity contribution in [2.75, 3.05) is 13.1 Å². The zero-order valence-corrected chi connectivity index (χ0v) is 24.0. The first-order valence-electron chi connectivity index (χ1n) is 13.6. The van der Waals surface area contributed by atoms with Gasteiger partial charge in [0.2, 0.25) is 5.91 Å². The van der Waals surface area contributed by atoms with Gasteiger partial charge in [-0.2, -0.15) is 0 Å². The fourth-order valence-electron chi connectivity index (χ4n) is 5.86. The molecule has 0 aromatic heterocycles. The first-order valence-corrected chi connectivity index (χ1v) is 14.4. The van der Waals surface area contributed by atoms with Gasteiger partial charge >= 0.3 is 0 Å². The minimum atomic E-state index is -0.516. The lowest BCUT2D eigenvalue weighted by molar-refractivity contribution is -0.142. The highest BCUT2D eigenvalue weighted by Gasteiger charge is 2.45. The standard InChI is InChI=1S/C31H39Cl2N3O2/c1-20(2)16-28(30(37)13-10-23-9-12-26(32)27(33)17-23)35-15-14-25(11-8-22-6-4-21(3)5-7-22)36-19-24(34)18-29(36)31(35)38/h4-7,9,12,17,24-25,28-29H,1,8,10-11,13-16,18-19,34H2,2-3H3/t24-,25?,28-,29+/m1/s1. The maximum atomic E-state index is 13.9. The Labute approximate surface area is 237 Å². The largest absolute Gasteiger partial charge is 0.331 e. The molecule has 2 fully saturated rings. The molecule has 0 saturated carbocycles. The van der Waals surface area contributed by atoms with Gasteiger partial charge in [0, 0.05) is 31.6 Å². The van der Waals surface area contributed by atoms with Crippen LogP contribution in [0.1, 0.15) is 55.7 Å². The molecule has 2 aromatic rings. The molecule has 1 unspecified atom stereocenters. The third kappa shape index (κ3) is 7.06. The van der Waals surface area contributed by atoms with Gasteiger partial charge in [-0.25, -0.2) is 0 Å². The second-order valence-corrected chi connectivity index (χ2v) is 11.9. The van der Waals surface area contributed by atoms with Crippen LogP contribution in [0.4, 0.5) is 0 Å². The van der Waals surface area contributed by atoms with Gasteiger partial charge in [-0.15, -0.1) is 6.58 Å². The molecule has 0 spiro atoms. The van der Waals surface area contributed by atoms with E-state index in [1.165, 1.54) is 11.1 Å². The van der Waals surface area contributed by atoms with Crippen LogP contribution < -0.4 is 5.73 Å². The predicted octanol–water partition coefficient (Wildman–Crippen LogP) is 5.77. The molecule has 0 aliphatic carbocycles. The van der Waals surface area contributed by atoms with Crippen LogP contribution in [0.5, 0.6) is 0 Å². The van der Waals surface area contributed by atoms with E-state index in [1.807, 2.05) is 17.9 Å². The number of nitrogens with zero attached hydrogens (tertiary/aromatic N) is 2. The van der Waals surface area contributed by atoms with Gasteiger partial charge < -0.3 is 10.6 Å². The summed E-state index contributed by atoms with van der Waals surface area (Å²) in [4.78, 5) is 31.7. The zero-order chi connectivity index (χ0) is 27.4. The fourth-order valence-corrected chi connectivity index (χ4v) is 6.18. The third-order valence-electron chi connectivity index (χ3n) is 7.93. The average Bonchev–Trinajstić information content (AvgIpc) is 3.22. The number of amides is 1. The highest BCUT2D eigenvalue weighted by molar-refractivity contribution is 6.42. The number of ketones is 1. The van der Waals surface area contributed by atoms with Crippen molar-refractivity contribution in [1.82, 2.24) is 9.80 Å². The first-order chi connectivity index (χ1) is 18.1. The van der Waals surface area contributed by atoms with Crippen molar-refractivity contribution in [3.63, 3.8) is 0 Å². The topological polar surface area (TPSA) is 66.6 Å². The molecule has 38 heavy (non-hydrogen) atoms. The Morgan fingerprint density at radius 3 is 2.50 bits per heavy atom. The number of hydrogen-bond acceptors (Lipinski definition) is 4. The quantitative estimate of drug-likeness (QED) is 0.377. The van der Waals surface area contributed by atoms with Crippen LogP contribution in [0, 0.1) is 6.92 Å². The molecule has 4 atom stereocenters. The molecular formula is C31H39Cl2N3O2. The lowest BCUT2D eigenvalue weighted by Gasteiger charge is -2.32. The number of hydrogen-bond donors (Lipinski definition) is 1. The van der Waals surface area contributed by atoms with Crippen LogP contribution in [0.25, 0.3) is 0 Å². The van der Waals surface area contributed by atoms with Crippen molar-refractivity contribution >= 4 is 34.9 Å². The van der Waals surface area contributed by atoms with Gasteiger partial charge in [-0.05, 0) is 75.6 Å². The highest BCUT2D eigenvalue weighted by atomic mass is 35.5. The van der Waals surface area contributed by atoms with E-state index in [9.17, 15) is 9.59 Å². The lowest BCUT2D eigenvalue weighted by Crippen LogP contribution is -2.50. The smallest absolute Gasteiger partial charge is 0.240 e. The van der Waals surface area contributed by atoms with Crippen molar-refractivity contribution in [1.29, 1.82) is 0 Å². The summed E-state index contributed by atoms with van der Waals surface area (Å²) in [5.74, 6) is 0.0873. The first kappa shape index (κ1) is 28.8. The van der Waals surface area contributed by atoms with Crippen molar-refractivity contribution < 1.29 is 9.59 Å². The third-order valence-corrected chi connectivity index (χ3v) is 8.67. The van der Waals surface area contributed by atoms with Crippen molar-refractivity contribution in [3.8, 4) is 0 Å². The molecule has 7 heteroatoms. The molecule has 2 N–H and O–H groups in total. The van der Waals surface area contributed by atoms with Crippen molar-refractivity contribution in [2.45, 2.75) is 83.0 Å². The zero-order valence-electron chi connectivity index (χ0n) is 22.5. The normalized spacial score (nSPS) is 22.7. The SMILES string of the molecule is C=C(C)C[C@H](C(=O)CCc1ccc(Cl)c(Cl)c1)N1CCC(CCc2ccc(C)cc2)N2C[C@H](N)C[C@H]2C1=O. The Morgan fingerprint density at radius 2 is 1.82 bits per heavy atom. The minimum absolute atomic E-state index is 0.0317. The number of nitrogens with two attached hydrogens (primary N) is 1. The van der Waals surface area contributed by atoms with Gasteiger partial charge in [0.15, 0.2) is 5.78 Å². The van der Waals surface area contributed by atoms with Gasteiger partial charge in [0.1, 0.15) is 0 Å². The van der Waals surface area contributed by atoms with Crippen LogP contribution in [0.2, 0.25) is 10.0 Å². The van der Waals surface area contributed by atoms with Gasteiger partial charge in [-0.3, -0.25) is 14.5 Å². The van der Waals surface area contributed by atoms with E-state index >= 15 is 0 Å². The Balaban J connectivity index is 1.50. The Kier molecular flexibility index (Phi) is 9.69. The van der Waals surface area contributed by atoms with Gasteiger partial charge in [0.05, 0.1) is 22.1 Å². The lowest BCUT2D eigenvalue weighted by atomic mass is 9.96. The Morgan fingerprint density at radius 1 is 1.11 bits per heavy atom. The van der Waals surface area contributed by atoms with Crippen LogP contribution in [-0.4, -0.2) is 58.7 Å². The van der Waals surface area contributed by atoms with E-state index in [0.29, 0.717) is 42.3 Å². The number of aryl methyl sites for hydroxylation is 3. The van der Waals surface area contributed by atoms with E-state index in [0.717, 1.165) is 36.9 Å². The maximum absolute atomic E-state index is 13.9. The minimum Gasteiger partial charge on any atom is -0.331 e. The second kappa shape index (κ2) is 12.8. The monoisotopic (exact) mass is 555 g/mol. The predicted molar refractivity (Wildman–Crippen MR) is 156 cm³/mol. The molecule has 2 aromatic carbocycles. The summed E-state index contributed by atoms with van der Waals surface area (Å²) in [6.45, 7) is 9.37. The molecule has 2 heterocycles. The summed E-state index contributed by atoms with van der Waals surface area (Å²) in [7, 11) is 0. The molecule has 5 nitrogen and oxygen atoms in total. The van der Waals surface area contributed by atoms with Crippen LogP contribution >= 0.6 is 23.2 Å². The number of fused-ring (bicyclic) bond motifs is 1. The molecule has 204 valence electrons. The van der Waals surface area contributed by atoms with E-state index < -0.39 is 6.04 Å². The fraction of sp³-hybridized carbons (Fsp3) is 0.484. The Bertz CT molecular complexity index is 1170. The Hall–Kier alpha value is -2.18. The molecule has 1 amide bonds. The van der Waals surface area contributed by atoms with E-state index in [1.54, 1.807) is 12.1 Å². The van der Waals surface area contributed by atoms with Crippen molar-refractivity contribution in [2.24, 2.45) is 5.73 Å². The van der Waals surface area contributed by atoms with E-state index in [4.69, 9.17) is 28.9 Å². The van der Waals surface area contributed by atoms with E-state index in [-0.39, 0.29) is 29.8 Å². The van der Waals surface area contributed by atoms with E-state index in [2.05, 4.69) is 42.7 Å². The number of carbonyl (C=O) groups excluding carboxylic acids is 2. The molecular weight excluding hydrogens is 517 g/mol. The number of Topliss-reactive ketones (excluding diaryl/α,β-unsaturated/α-hetero) is 1. The molecule has 0 bridgehead atoms.